The Morgan fingerprint density at radius 3 is 1.83 bits per heavy atom. The highest BCUT2D eigenvalue weighted by Gasteiger charge is 2.31. The largest absolute Gasteiger partial charge is 0.503 e. The van der Waals surface area contributed by atoms with Crippen molar-refractivity contribution in [2.75, 3.05) is 0 Å². The minimum absolute atomic E-state index is 0.0291. The van der Waals surface area contributed by atoms with Gasteiger partial charge in [0.05, 0.1) is 20.4 Å². The average Bonchev–Trinajstić information content (AvgIpc) is 2.48. The number of carboxylic acids is 3. The Hall–Kier alpha value is -1.59. The van der Waals surface area contributed by atoms with E-state index in [4.69, 9.17) is 10.2 Å². The molecule has 24 heavy (non-hydrogen) atoms. The topological polar surface area (TPSA) is 152 Å². The molecule has 0 amide bonds. The van der Waals surface area contributed by atoms with Crippen LogP contribution in [0.1, 0.15) is 5.56 Å². The van der Waals surface area contributed by atoms with Crippen LogP contribution in [0, 0.1) is 5.92 Å². The molecule has 0 fully saturated rings. The number of hydrogen-bond donors (Lipinski definition) is 5. The SMILES string of the molecule is O=C(O)/C=C(\C(=O)O)[C@@H](Cc1c(Br)c(O)c(O)c(Br)c1Br)C(=O)O. The van der Waals surface area contributed by atoms with Crippen molar-refractivity contribution < 1.29 is 39.9 Å². The summed E-state index contributed by atoms with van der Waals surface area (Å²) in [6.45, 7) is 0. The van der Waals surface area contributed by atoms with Crippen molar-refractivity contribution in [3.05, 3.63) is 30.6 Å². The molecular formula is C13H9Br3O8. The Morgan fingerprint density at radius 2 is 1.42 bits per heavy atom. The first-order valence-electron chi connectivity index (χ1n) is 5.96. The summed E-state index contributed by atoms with van der Waals surface area (Å²) in [7, 11) is 0. The van der Waals surface area contributed by atoms with Crippen LogP contribution in [-0.4, -0.2) is 43.4 Å². The summed E-state index contributed by atoms with van der Waals surface area (Å²) in [6.07, 6.45) is -0.160. The van der Waals surface area contributed by atoms with Gasteiger partial charge >= 0.3 is 17.9 Å². The fraction of sp³-hybridized carbons (Fsp3) is 0.154. The lowest BCUT2D eigenvalue weighted by Gasteiger charge is -2.17. The number of carboxylic acid groups (broad SMARTS) is 3. The van der Waals surface area contributed by atoms with E-state index in [0.717, 1.165) is 0 Å². The van der Waals surface area contributed by atoms with E-state index < -0.39 is 47.3 Å². The van der Waals surface area contributed by atoms with E-state index in [1.807, 2.05) is 0 Å². The van der Waals surface area contributed by atoms with Gasteiger partial charge in [-0.1, -0.05) is 0 Å². The van der Waals surface area contributed by atoms with E-state index in [0.29, 0.717) is 6.08 Å². The summed E-state index contributed by atoms with van der Waals surface area (Å²) in [6, 6.07) is 0. The van der Waals surface area contributed by atoms with Crippen molar-refractivity contribution in [1.82, 2.24) is 0 Å². The summed E-state index contributed by atoms with van der Waals surface area (Å²) < 4.78 is 0.152. The second-order valence-electron chi connectivity index (χ2n) is 4.46. The lowest BCUT2D eigenvalue weighted by atomic mass is 9.91. The molecule has 0 spiro atoms. The van der Waals surface area contributed by atoms with Gasteiger partial charge in [-0.2, -0.15) is 0 Å². The van der Waals surface area contributed by atoms with Crippen molar-refractivity contribution in [3.63, 3.8) is 0 Å². The molecule has 1 atom stereocenters. The number of rotatable bonds is 6. The number of aromatic hydroxyl groups is 2. The maximum atomic E-state index is 11.4. The minimum atomic E-state index is -1.71. The molecule has 0 saturated heterocycles. The zero-order chi connectivity index (χ0) is 18.8. The van der Waals surface area contributed by atoms with Crippen molar-refractivity contribution >= 4 is 65.7 Å². The second kappa shape index (κ2) is 7.99. The van der Waals surface area contributed by atoms with Crippen LogP contribution in [0.15, 0.2) is 25.1 Å². The quantitative estimate of drug-likeness (QED) is 0.213. The molecule has 1 aromatic carbocycles. The van der Waals surface area contributed by atoms with Crippen LogP contribution < -0.4 is 0 Å². The van der Waals surface area contributed by atoms with Crippen molar-refractivity contribution in [1.29, 1.82) is 0 Å². The predicted molar refractivity (Wildman–Crippen MR) is 91.1 cm³/mol. The molecular weight excluding hydrogens is 524 g/mol. The molecule has 0 aromatic heterocycles. The normalized spacial score (nSPS) is 12.7. The second-order valence-corrected chi connectivity index (χ2v) is 6.83. The van der Waals surface area contributed by atoms with E-state index in [2.05, 4.69) is 47.8 Å². The van der Waals surface area contributed by atoms with Crippen LogP contribution in [0.3, 0.4) is 0 Å². The molecule has 0 aliphatic carbocycles. The maximum absolute atomic E-state index is 11.4. The number of halogens is 3. The number of phenols is 2. The molecule has 1 aromatic rings. The van der Waals surface area contributed by atoms with Crippen LogP contribution in [0.5, 0.6) is 11.5 Å². The van der Waals surface area contributed by atoms with Crippen LogP contribution >= 0.6 is 47.8 Å². The van der Waals surface area contributed by atoms with Gasteiger partial charge in [-0.05, 0) is 59.8 Å². The molecule has 0 heterocycles. The Kier molecular flexibility index (Phi) is 6.81. The number of benzene rings is 1. The first kappa shape index (κ1) is 20.5. The van der Waals surface area contributed by atoms with E-state index in [1.54, 1.807) is 0 Å². The molecule has 0 aliphatic heterocycles. The van der Waals surface area contributed by atoms with Gasteiger partial charge in [-0.3, -0.25) is 4.79 Å². The van der Waals surface area contributed by atoms with Gasteiger partial charge in [0.25, 0.3) is 0 Å². The summed E-state index contributed by atoms with van der Waals surface area (Å²) in [5, 5.41) is 46.6. The van der Waals surface area contributed by atoms with E-state index in [1.165, 1.54) is 0 Å². The fourth-order valence-corrected chi connectivity index (χ4v) is 3.63. The van der Waals surface area contributed by atoms with Crippen LogP contribution in [0.2, 0.25) is 0 Å². The van der Waals surface area contributed by atoms with Gasteiger partial charge in [0, 0.05) is 10.5 Å². The summed E-state index contributed by atoms with van der Waals surface area (Å²) in [5.74, 6) is -7.66. The molecule has 0 unspecified atom stereocenters. The average molecular weight is 533 g/mol. The Labute approximate surface area is 159 Å². The van der Waals surface area contributed by atoms with E-state index in [-0.39, 0.29) is 19.0 Å². The smallest absolute Gasteiger partial charge is 0.332 e. The molecule has 0 aliphatic rings. The highest BCUT2D eigenvalue weighted by molar-refractivity contribution is 9.13. The van der Waals surface area contributed by atoms with Gasteiger partial charge in [-0.15, -0.1) is 0 Å². The molecule has 1 rings (SSSR count). The first-order chi connectivity index (χ1) is 11.0. The lowest BCUT2D eigenvalue weighted by molar-refractivity contribution is -0.144. The van der Waals surface area contributed by atoms with Crippen LogP contribution in [0.4, 0.5) is 0 Å². The predicted octanol–water partition coefficient (Wildman–Crippen LogP) is 2.72. The van der Waals surface area contributed by atoms with Gasteiger partial charge in [0.15, 0.2) is 11.5 Å². The summed E-state index contributed by atoms with van der Waals surface area (Å²) in [4.78, 5) is 33.4. The van der Waals surface area contributed by atoms with Gasteiger partial charge in [0.1, 0.15) is 0 Å². The molecule has 130 valence electrons. The molecule has 5 N–H and O–H groups in total. The number of hydrogen-bond acceptors (Lipinski definition) is 5. The van der Waals surface area contributed by atoms with Gasteiger partial charge in [0.2, 0.25) is 0 Å². The molecule has 0 radical (unpaired) electrons. The minimum Gasteiger partial charge on any atom is -0.503 e. The maximum Gasteiger partial charge on any atom is 0.332 e. The monoisotopic (exact) mass is 530 g/mol. The number of phenolic OH excluding ortho intramolecular Hbond substituents is 2. The Balaban J connectivity index is 3.51. The third-order valence-corrected chi connectivity index (χ3v) is 6.00. The van der Waals surface area contributed by atoms with E-state index >= 15 is 0 Å². The van der Waals surface area contributed by atoms with Crippen molar-refractivity contribution in [2.45, 2.75) is 6.42 Å². The number of aliphatic carboxylic acids is 3. The standard InChI is InChI=1S/C13H9Br3O8/c14-7-5(8(15)10(19)11(20)9(7)16)1-3(12(21)22)4(13(23)24)2-6(17)18/h2-3,19-20H,1H2,(H,17,18)(H,21,22)(H,23,24)/b4-2-/t3-/m1/s1. The Bertz CT molecular complexity index is 727. The number of carbonyl (C=O) groups is 3. The highest BCUT2D eigenvalue weighted by Crippen LogP contribution is 2.47. The summed E-state index contributed by atoms with van der Waals surface area (Å²) in [5.41, 5.74) is -0.709. The lowest BCUT2D eigenvalue weighted by Crippen LogP contribution is -2.25. The zero-order valence-corrected chi connectivity index (χ0v) is 16.2. The molecule has 0 bridgehead atoms. The molecule has 0 saturated carbocycles. The van der Waals surface area contributed by atoms with Crippen molar-refractivity contribution in [3.8, 4) is 11.5 Å². The Morgan fingerprint density at radius 1 is 0.917 bits per heavy atom. The van der Waals surface area contributed by atoms with Crippen LogP contribution in [-0.2, 0) is 20.8 Å². The summed E-state index contributed by atoms with van der Waals surface area (Å²) >= 11 is 9.10. The fourth-order valence-electron chi connectivity index (χ4n) is 1.84. The highest BCUT2D eigenvalue weighted by atomic mass is 79.9. The third kappa shape index (κ3) is 4.28. The first-order valence-corrected chi connectivity index (χ1v) is 8.34. The van der Waals surface area contributed by atoms with E-state index in [9.17, 15) is 29.7 Å². The van der Waals surface area contributed by atoms with Gasteiger partial charge in [-0.25, -0.2) is 9.59 Å². The zero-order valence-electron chi connectivity index (χ0n) is 11.5. The molecule has 11 heteroatoms. The molecule has 8 nitrogen and oxygen atoms in total. The van der Waals surface area contributed by atoms with Gasteiger partial charge < -0.3 is 25.5 Å². The van der Waals surface area contributed by atoms with Crippen molar-refractivity contribution in [2.24, 2.45) is 5.92 Å². The third-order valence-electron chi connectivity index (χ3n) is 2.97. The van der Waals surface area contributed by atoms with Crippen LogP contribution in [0.25, 0.3) is 0 Å².